The van der Waals surface area contributed by atoms with Crippen molar-refractivity contribution in [2.75, 3.05) is 7.11 Å². The Labute approximate surface area is 213 Å². The number of alkyl halides is 3. The van der Waals surface area contributed by atoms with Crippen LogP contribution in [0.3, 0.4) is 0 Å². The topological polar surface area (TPSA) is 138 Å². The van der Waals surface area contributed by atoms with Gasteiger partial charge < -0.3 is 15.2 Å². The zero-order valence-electron chi connectivity index (χ0n) is 21.1. The number of hydrogen-bond donors (Lipinski definition) is 2. The van der Waals surface area contributed by atoms with E-state index in [1.165, 1.54) is 7.11 Å². The average molecular weight is 550 g/mol. The summed E-state index contributed by atoms with van der Waals surface area (Å²) in [6.07, 6.45) is -6.15. The predicted octanol–water partition coefficient (Wildman–Crippen LogP) is 3.16. The number of aryl methyl sites for hydroxylation is 2. The van der Waals surface area contributed by atoms with Gasteiger partial charge in [-0.3, -0.25) is 13.9 Å². The van der Waals surface area contributed by atoms with Crippen LogP contribution in [-0.2, 0) is 22.6 Å². The zero-order chi connectivity index (χ0) is 27.9. The molecular weight excluding hydrogens is 519 g/mol. The second-order valence-corrected chi connectivity index (χ2v) is 10.9. The van der Waals surface area contributed by atoms with Gasteiger partial charge in [-0.05, 0) is 46.1 Å². The van der Waals surface area contributed by atoms with Crippen molar-refractivity contribution in [3.8, 4) is 0 Å². The SMILES string of the molecule is CO[C@H]1C[C@@H](n2c(=O)c3c(C)c(CN(NC(=O)OC(C)(C)C)C(N)=O)sc3n(CCC(F)(F)F)c2=O)C1. The van der Waals surface area contributed by atoms with Crippen molar-refractivity contribution in [2.24, 2.45) is 5.73 Å². The van der Waals surface area contributed by atoms with Crippen LogP contribution >= 0.6 is 11.3 Å². The third-order valence-corrected chi connectivity index (χ3v) is 7.22. The van der Waals surface area contributed by atoms with Gasteiger partial charge in [0.1, 0.15) is 10.4 Å². The summed E-state index contributed by atoms with van der Waals surface area (Å²) >= 11 is 0.883. The van der Waals surface area contributed by atoms with Gasteiger partial charge in [-0.25, -0.2) is 24.8 Å². The minimum atomic E-state index is -4.53. The monoisotopic (exact) mass is 549 g/mol. The lowest BCUT2D eigenvalue weighted by atomic mass is 9.89. The largest absolute Gasteiger partial charge is 0.443 e. The van der Waals surface area contributed by atoms with Gasteiger partial charge in [-0.15, -0.1) is 11.3 Å². The maximum Gasteiger partial charge on any atom is 0.426 e. The minimum absolute atomic E-state index is 0.0484. The molecule has 0 atom stereocenters. The Morgan fingerprint density at radius 2 is 1.84 bits per heavy atom. The first-order chi connectivity index (χ1) is 17.0. The molecule has 1 saturated carbocycles. The normalized spacial score (nSPS) is 17.9. The van der Waals surface area contributed by atoms with Crippen molar-refractivity contribution in [3.63, 3.8) is 0 Å². The molecule has 0 aromatic carbocycles. The van der Waals surface area contributed by atoms with Crippen LogP contribution in [0, 0.1) is 6.92 Å². The Morgan fingerprint density at radius 3 is 2.35 bits per heavy atom. The number of hydrogen-bond acceptors (Lipinski definition) is 7. The fraction of sp³-hybridized carbons (Fsp3) is 0.636. The van der Waals surface area contributed by atoms with Crippen LogP contribution in [0.2, 0.25) is 0 Å². The molecule has 3 amide bonds. The number of ether oxygens (including phenoxy) is 2. The number of thiophene rings is 1. The van der Waals surface area contributed by atoms with E-state index in [4.69, 9.17) is 15.2 Å². The summed E-state index contributed by atoms with van der Waals surface area (Å²) < 4.78 is 51.5. The van der Waals surface area contributed by atoms with Crippen molar-refractivity contribution < 1.29 is 32.2 Å². The lowest BCUT2D eigenvalue weighted by Gasteiger charge is -2.35. The highest BCUT2D eigenvalue weighted by molar-refractivity contribution is 7.18. The van der Waals surface area contributed by atoms with Gasteiger partial charge in [0.2, 0.25) is 0 Å². The Kier molecular flexibility index (Phi) is 7.98. The van der Waals surface area contributed by atoms with E-state index in [1.807, 2.05) is 0 Å². The molecule has 11 nitrogen and oxygen atoms in total. The summed E-state index contributed by atoms with van der Waals surface area (Å²) in [6, 6.07) is -1.54. The van der Waals surface area contributed by atoms with Crippen molar-refractivity contribution >= 4 is 33.7 Å². The molecule has 1 aliphatic rings. The van der Waals surface area contributed by atoms with Gasteiger partial charge in [-0.2, -0.15) is 13.2 Å². The highest BCUT2D eigenvalue weighted by Gasteiger charge is 2.35. The number of nitrogens with zero attached hydrogens (tertiary/aromatic N) is 3. The molecule has 0 bridgehead atoms. The number of amides is 3. The van der Waals surface area contributed by atoms with E-state index in [0.717, 1.165) is 25.5 Å². The molecule has 1 aliphatic carbocycles. The first kappa shape index (κ1) is 28.5. The maximum atomic E-state index is 13.4. The maximum absolute atomic E-state index is 13.4. The van der Waals surface area contributed by atoms with E-state index in [9.17, 15) is 32.3 Å². The summed E-state index contributed by atoms with van der Waals surface area (Å²) in [5, 5.41) is 0.835. The molecule has 2 aromatic rings. The molecule has 0 radical (unpaired) electrons. The van der Waals surface area contributed by atoms with Crippen LogP contribution in [0.1, 0.15) is 56.5 Å². The Morgan fingerprint density at radius 1 is 1.22 bits per heavy atom. The summed E-state index contributed by atoms with van der Waals surface area (Å²) in [7, 11) is 1.50. The van der Waals surface area contributed by atoms with E-state index in [1.54, 1.807) is 27.7 Å². The molecule has 0 aliphatic heterocycles. The number of primary amides is 1. The Hall–Kier alpha value is -3.07. The van der Waals surface area contributed by atoms with E-state index < -0.39 is 54.2 Å². The Balaban J connectivity index is 2.07. The number of nitrogens with two attached hydrogens (primary N) is 1. The minimum Gasteiger partial charge on any atom is -0.443 e. The highest BCUT2D eigenvalue weighted by atomic mass is 32.1. The molecule has 1 fully saturated rings. The number of halogens is 3. The molecule has 0 spiro atoms. The molecule has 3 N–H and O–H groups in total. The second-order valence-electron chi connectivity index (χ2n) is 9.83. The molecule has 37 heavy (non-hydrogen) atoms. The van der Waals surface area contributed by atoms with Crippen LogP contribution in [0.25, 0.3) is 10.2 Å². The number of nitrogens with one attached hydrogen (secondary N) is 1. The van der Waals surface area contributed by atoms with Crippen LogP contribution in [-0.4, -0.2) is 51.3 Å². The third kappa shape index (κ3) is 6.44. The summed E-state index contributed by atoms with van der Waals surface area (Å²) in [5.41, 5.74) is 5.66. The molecule has 0 saturated heterocycles. The molecule has 15 heteroatoms. The number of rotatable bonds is 6. The summed E-state index contributed by atoms with van der Waals surface area (Å²) in [6.45, 7) is 5.44. The molecular formula is C22H30F3N5O6S. The molecule has 3 rings (SSSR count). The summed E-state index contributed by atoms with van der Waals surface area (Å²) in [5.74, 6) is 0. The standard InChI is InChI=1S/C22H30F3N5O6S/c1-11-14(10-29(18(26)32)27-19(33)36-21(2,3)4)37-17-15(11)16(31)30(12-8-13(9-12)35-5)20(34)28(17)7-6-22(23,24)25/h12-13H,6-10H2,1-5H3,(H2,26,32)(H,27,33)/t12-,13+. The number of carbonyl (C=O) groups excluding carboxylic acids is 2. The van der Waals surface area contributed by atoms with Crippen molar-refractivity contribution in [1.82, 2.24) is 19.6 Å². The van der Waals surface area contributed by atoms with E-state index in [-0.39, 0.29) is 22.9 Å². The smallest absolute Gasteiger partial charge is 0.426 e. The fourth-order valence-corrected chi connectivity index (χ4v) is 5.29. The molecule has 2 aromatic heterocycles. The average Bonchev–Trinajstić information content (AvgIpc) is 3.02. The van der Waals surface area contributed by atoms with E-state index >= 15 is 0 Å². The number of hydrazine groups is 1. The first-order valence-corrected chi connectivity index (χ1v) is 12.3. The zero-order valence-corrected chi connectivity index (χ0v) is 21.9. The summed E-state index contributed by atoms with van der Waals surface area (Å²) in [4.78, 5) is 51.2. The lowest BCUT2D eigenvalue weighted by molar-refractivity contribution is -0.136. The number of urea groups is 1. The van der Waals surface area contributed by atoms with Crippen LogP contribution in [0.5, 0.6) is 0 Å². The predicted molar refractivity (Wildman–Crippen MR) is 129 cm³/mol. The van der Waals surface area contributed by atoms with Crippen molar-refractivity contribution in [3.05, 3.63) is 31.3 Å². The van der Waals surface area contributed by atoms with E-state index in [0.29, 0.717) is 23.3 Å². The van der Waals surface area contributed by atoms with Gasteiger partial charge in [0.25, 0.3) is 5.56 Å². The van der Waals surface area contributed by atoms with Crippen molar-refractivity contribution in [2.45, 2.75) is 84.0 Å². The van der Waals surface area contributed by atoms with Crippen LogP contribution < -0.4 is 22.4 Å². The number of aromatic nitrogens is 2. The molecule has 0 unspecified atom stereocenters. The van der Waals surface area contributed by atoms with E-state index in [2.05, 4.69) is 5.43 Å². The Bertz CT molecular complexity index is 1300. The molecule has 2 heterocycles. The second kappa shape index (κ2) is 10.4. The van der Waals surface area contributed by atoms with Gasteiger partial charge >= 0.3 is 24.0 Å². The van der Waals surface area contributed by atoms with Gasteiger partial charge in [0.05, 0.1) is 24.5 Å². The highest BCUT2D eigenvalue weighted by Crippen LogP contribution is 2.34. The first-order valence-electron chi connectivity index (χ1n) is 11.5. The van der Waals surface area contributed by atoms with Gasteiger partial charge in [0, 0.05) is 24.6 Å². The van der Waals surface area contributed by atoms with Crippen molar-refractivity contribution in [1.29, 1.82) is 0 Å². The molecule has 206 valence electrons. The van der Waals surface area contributed by atoms with Gasteiger partial charge in [-0.1, -0.05) is 0 Å². The lowest BCUT2D eigenvalue weighted by Crippen LogP contribution is -2.49. The number of fused-ring (bicyclic) bond motifs is 1. The van der Waals surface area contributed by atoms with Crippen LogP contribution in [0.15, 0.2) is 9.59 Å². The van der Waals surface area contributed by atoms with Gasteiger partial charge in [0.15, 0.2) is 0 Å². The number of carbonyl (C=O) groups is 2. The van der Waals surface area contributed by atoms with Crippen LogP contribution in [0.4, 0.5) is 22.8 Å². The fourth-order valence-electron chi connectivity index (χ4n) is 3.99. The quantitative estimate of drug-likeness (QED) is 0.531. The number of methoxy groups -OCH3 is 1. The third-order valence-electron chi connectivity index (χ3n) is 5.92.